The van der Waals surface area contributed by atoms with Gasteiger partial charge in [0.15, 0.2) is 5.65 Å². The Labute approximate surface area is 208 Å². The number of H-pyrrole nitrogens is 1. The van der Waals surface area contributed by atoms with Gasteiger partial charge in [-0.2, -0.15) is 10.2 Å². The molecule has 0 unspecified atom stereocenters. The second-order valence-electron chi connectivity index (χ2n) is 11.2. The lowest BCUT2D eigenvalue weighted by molar-refractivity contribution is -0.143. The van der Waals surface area contributed by atoms with Crippen molar-refractivity contribution in [1.29, 1.82) is 0 Å². The summed E-state index contributed by atoms with van der Waals surface area (Å²) >= 11 is 0. The van der Waals surface area contributed by atoms with Crippen molar-refractivity contribution in [1.82, 2.24) is 34.6 Å². The van der Waals surface area contributed by atoms with Crippen LogP contribution in [0.25, 0.3) is 16.9 Å². The second kappa shape index (κ2) is 9.37. The van der Waals surface area contributed by atoms with E-state index in [-0.39, 0.29) is 5.92 Å². The summed E-state index contributed by atoms with van der Waals surface area (Å²) < 4.78 is 1.84. The minimum atomic E-state index is 0.173. The molecule has 0 aromatic carbocycles. The predicted octanol–water partition coefficient (Wildman–Crippen LogP) is 4.38. The van der Waals surface area contributed by atoms with E-state index in [0.717, 1.165) is 61.2 Å². The maximum absolute atomic E-state index is 13.0. The summed E-state index contributed by atoms with van der Waals surface area (Å²) in [4.78, 5) is 21.8. The molecule has 35 heavy (non-hydrogen) atoms. The van der Waals surface area contributed by atoms with Crippen LogP contribution in [0.1, 0.15) is 82.0 Å². The van der Waals surface area contributed by atoms with Crippen molar-refractivity contribution in [3.05, 3.63) is 35.4 Å². The molecule has 2 aliphatic rings. The van der Waals surface area contributed by atoms with Crippen LogP contribution >= 0.6 is 0 Å². The van der Waals surface area contributed by atoms with E-state index in [0.29, 0.717) is 29.8 Å². The molecule has 1 aliphatic carbocycles. The standard InChI is InChI=1S/C27H39N7O/c1-16(2)23-24(30-31-25(23)20-11-18(5)26-28-15-29-34(26)14-20)19-7-9-22(10-8-19)32(6)27(35)21-12-33(13-21)17(3)4/h11,14-17,19,21-22H,7-10,12-13H2,1-6H3,(H,30,31). The summed E-state index contributed by atoms with van der Waals surface area (Å²) in [5, 5.41) is 12.6. The van der Waals surface area contributed by atoms with Gasteiger partial charge in [0.1, 0.15) is 6.33 Å². The van der Waals surface area contributed by atoms with E-state index in [1.54, 1.807) is 6.33 Å². The molecule has 3 aromatic rings. The Bertz CT molecular complexity index is 1200. The molecule has 0 atom stereocenters. The Morgan fingerprint density at radius 3 is 2.51 bits per heavy atom. The second-order valence-corrected chi connectivity index (χ2v) is 11.2. The van der Waals surface area contributed by atoms with Crippen molar-refractivity contribution >= 4 is 11.6 Å². The number of nitrogens with zero attached hydrogens (tertiary/aromatic N) is 6. The van der Waals surface area contributed by atoms with Crippen LogP contribution in [0.4, 0.5) is 0 Å². The number of nitrogens with one attached hydrogen (secondary N) is 1. The lowest BCUT2D eigenvalue weighted by Crippen LogP contribution is -2.57. The number of pyridine rings is 1. The smallest absolute Gasteiger partial charge is 0.228 e. The van der Waals surface area contributed by atoms with Gasteiger partial charge in [0.25, 0.3) is 0 Å². The highest BCUT2D eigenvalue weighted by Crippen LogP contribution is 2.40. The molecule has 2 fully saturated rings. The zero-order chi connectivity index (χ0) is 24.9. The van der Waals surface area contributed by atoms with Gasteiger partial charge >= 0.3 is 0 Å². The first-order chi connectivity index (χ1) is 16.7. The molecule has 1 saturated carbocycles. The van der Waals surface area contributed by atoms with E-state index in [9.17, 15) is 4.79 Å². The fourth-order valence-corrected chi connectivity index (χ4v) is 6.01. The maximum Gasteiger partial charge on any atom is 0.228 e. The van der Waals surface area contributed by atoms with E-state index in [4.69, 9.17) is 5.10 Å². The van der Waals surface area contributed by atoms with Gasteiger partial charge in [0.05, 0.1) is 17.3 Å². The zero-order valence-corrected chi connectivity index (χ0v) is 22.0. The number of fused-ring (bicyclic) bond motifs is 1. The minimum Gasteiger partial charge on any atom is -0.342 e. The molecule has 8 heteroatoms. The number of carbonyl (C=O) groups is 1. The largest absolute Gasteiger partial charge is 0.342 e. The van der Waals surface area contributed by atoms with Crippen molar-refractivity contribution in [3.63, 3.8) is 0 Å². The Hall–Kier alpha value is -2.74. The lowest BCUT2D eigenvalue weighted by Gasteiger charge is -2.44. The first-order valence-corrected chi connectivity index (χ1v) is 13.1. The summed E-state index contributed by atoms with van der Waals surface area (Å²) in [5.74, 6) is 1.28. The third-order valence-corrected chi connectivity index (χ3v) is 8.23. The molecule has 4 heterocycles. The summed E-state index contributed by atoms with van der Waals surface area (Å²) in [6, 6.07) is 3.03. The summed E-state index contributed by atoms with van der Waals surface area (Å²) in [6.45, 7) is 12.8. The SMILES string of the molecule is Cc1cc(-c2[nH]nc(C3CCC(N(C)C(=O)C4CN(C(C)C)C4)CC3)c2C(C)C)cn2ncnc12. The molecule has 1 N–H and O–H groups in total. The Morgan fingerprint density at radius 1 is 1.14 bits per heavy atom. The molecule has 1 aliphatic heterocycles. The van der Waals surface area contributed by atoms with E-state index in [2.05, 4.69) is 60.8 Å². The van der Waals surface area contributed by atoms with Crippen molar-refractivity contribution < 1.29 is 4.79 Å². The monoisotopic (exact) mass is 477 g/mol. The number of aromatic nitrogens is 5. The first-order valence-electron chi connectivity index (χ1n) is 13.1. The van der Waals surface area contributed by atoms with E-state index in [1.807, 2.05) is 22.7 Å². The number of carbonyl (C=O) groups excluding carboxylic acids is 1. The topological polar surface area (TPSA) is 82.4 Å². The van der Waals surface area contributed by atoms with Crippen molar-refractivity contribution in [2.75, 3.05) is 20.1 Å². The average molecular weight is 478 g/mol. The first kappa shape index (κ1) is 24.0. The molecule has 1 saturated heterocycles. The van der Waals surface area contributed by atoms with Crippen molar-refractivity contribution in [2.45, 2.75) is 84.2 Å². The van der Waals surface area contributed by atoms with E-state index < -0.39 is 0 Å². The van der Waals surface area contributed by atoms with E-state index in [1.165, 1.54) is 11.3 Å². The molecular weight excluding hydrogens is 438 g/mol. The number of aryl methyl sites for hydroxylation is 1. The van der Waals surface area contributed by atoms with Gasteiger partial charge in [-0.25, -0.2) is 9.50 Å². The van der Waals surface area contributed by atoms with Crippen molar-refractivity contribution in [3.8, 4) is 11.3 Å². The lowest BCUT2D eigenvalue weighted by atomic mass is 9.80. The maximum atomic E-state index is 13.0. The normalized spacial score (nSPS) is 21.7. The van der Waals surface area contributed by atoms with Crippen LogP contribution in [-0.4, -0.2) is 72.7 Å². The minimum absolute atomic E-state index is 0.173. The molecule has 0 radical (unpaired) electrons. The van der Waals surface area contributed by atoms with Crippen LogP contribution in [0.5, 0.6) is 0 Å². The summed E-state index contributed by atoms with van der Waals surface area (Å²) in [7, 11) is 2.01. The summed E-state index contributed by atoms with van der Waals surface area (Å²) in [6.07, 6.45) is 7.84. The fourth-order valence-electron chi connectivity index (χ4n) is 6.01. The molecule has 188 valence electrons. The highest BCUT2D eigenvalue weighted by molar-refractivity contribution is 5.80. The van der Waals surface area contributed by atoms with Gasteiger partial charge in [-0.3, -0.25) is 14.8 Å². The van der Waals surface area contributed by atoms with Crippen LogP contribution in [0, 0.1) is 12.8 Å². The number of aromatic amines is 1. The molecule has 5 rings (SSSR count). The van der Waals surface area contributed by atoms with Gasteiger partial charge < -0.3 is 4.90 Å². The Balaban J connectivity index is 1.29. The Morgan fingerprint density at radius 2 is 1.86 bits per heavy atom. The average Bonchev–Trinajstić information content (AvgIpc) is 3.45. The predicted molar refractivity (Wildman–Crippen MR) is 137 cm³/mol. The highest BCUT2D eigenvalue weighted by Gasteiger charge is 2.38. The summed E-state index contributed by atoms with van der Waals surface area (Å²) in [5.41, 5.74) is 6.67. The van der Waals surface area contributed by atoms with Crippen LogP contribution < -0.4 is 0 Å². The van der Waals surface area contributed by atoms with Crippen LogP contribution in [0.15, 0.2) is 18.6 Å². The van der Waals surface area contributed by atoms with Crippen LogP contribution in [-0.2, 0) is 4.79 Å². The molecule has 0 bridgehead atoms. The quantitative estimate of drug-likeness (QED) is 0.570. The van der Waals surface area contributed by atoms with Gasteiger partial charge in [-0.15, -0.1) is 0 Å². The Kier molecular flexibility index (Phi) is 6.42. The van der Waals surface area contributed by atoms with Crippen LogP contribution in [0.3, 0.4) is 0 Å². The van der Waals surface area contributed by atoms with E-state index >= 15 is 0 Å². The number of hydrogen-bond donors (Lipinski definition) is 1. The number of rotatable bonds is 6. The highest BCUT2D eigenvalue weighted by atomic mass is 16.2. The van der Waals surface area contributed by atoms with Gasteiger partial charge in [0.2, 0.25) is 5.91 Å². The number of likely N-dealkylation sites (tertiary alicyclic amines) is 1. The van der Waals surface area contributed by atoms with Gasteiger partial charge in [-0.1, -0.05) is 13.8 Å². The third kappa shape index (κ3) is 4.37. The zero-order valence-electron chi connectivity index (χ0n) is 22.0. The molecule has 8 nitrogen and oxygen atoms in total. The molecule has 1 amide bonds. The van der Waals surface area contributed by atoms with Gasteiger partial charge in [-0.05, 0) is 64.0 Å². The van der Waals surface area contributed by atoms with Gasteiger partial charge in [0, 0.05) is 55.5 Å². The molecule has 3 aromatic heterocycles. The molecular formula is C27H39N7O. The number of hydrogen-bond acceptors (Lipinski definition) is 5. The van der Waals surface area contributed by atoms with Crippen LogP contribution in [0.2, 0.25) is 0 Å². The molecule has 0 spiro atoms. The van der Waals surface area contributed by atoms with Crippen molar-refractivity contribution in [2.24, 2.45) is 5.92 Å². The fraction of sp³-hybridized carbons (Fsp3) is 0.630. The third-order valence-electron chi connectivity index (χ3n) is 8.23. The number of amides is 1.